The lowest BCUT2D eigenvalue weighted by Gasteiger charge is -2.16. The predicted molar refractivity (Wildman–Crippen MR) is 60.8 cm³/mol. The van der Waals surface area contributed by atoms with Crippen LogP contribution in [0.1, 0.15) is 43.3 Å². The van der Waals surface area contributed by atoms with Gasteiger partial charge in [0.25, 0.3) is 0 Å². The number of hydrogen-bond donors (Lipinski definition) is 2. The predicted octanol–water partition coefficient (Wildman–Crippen LogP) is 1.21. The fourth-order valence-electron chi connectivity index (χ4n) is 1.69. The Bertz CT molecular complexity index is 354. The highest BCUT2D eigenvalue weighted by molar-refractivity contribution is 5.81. The van der Waals surface area contributed by atoms with Crippen molar-refractivity contribution in [2.24, 2.45) is 5.73 Å². The molecular formula is C11H19N3O2. The minimum atomic E-state index is -0.456. The quantitative estimate of drug-likeness (QED) is 0.807. The molecule has 1 amide bonds. The van der Waals surface area contributed by atoms with Crippen molar-refractivity contribution in [1.29, 1.82) is 0 Å². The second kappa shape index (κ2) is 5.12. The Balaban J connectivity index is 2.73. The number of rotatable bonds is 4. The summed E-state index contributed by atoms with van der Waals surface area (Å²) in [5, 5.41) is 6.70. The molecule has 0 bridgehead atoms. The first-order chi connectivity index (χ1) is 7.47. The van der Waals surface area contributed by atoms with Crippen molar-refractivity contribution >= 4 is 5.91 Å². The largest absolute Gasteiger partial charge is 0.361 e. The summed E-state index contributed by atoms with van der Waals surface area (Å²) in [6.45, 7) is 7.46. The summed E-state index contributed by atoms with van der Waals surface area (Å²) in [5.74, 6) is 0.588. The molecule has 16 heavy (non-hydrogen) atoms. The van der Waals surface area contributed by atoms with E-state index in [4.69, 9.17) is 10.3 Å². The van der Waals surface area contributed by atoms with Gasteiger partial charge in [0, 0.05) is 5.56 Å². The monoisotopic (exact) mass is 225 g/mol. The van der Waals surface area contributed by atoms with Gasteiger partial charge in [-0.25, -0.2) is 0 Å². The number of hydrogen-bond acceptors (Lipinski definition) is 4. The molecule has 90 valence electrons. The molecular weight excluding hydrogens is 206 g/mol. The minimum Gasteiger partial charge on any atom is -0.361 e. The average Bonchev–Trinajstić information content (AvgIpc) is 2.57. The first kappa shape index (κ1) is 12.7. The van der Waals surface area contributed by atoms with Crippen LogP contribution in [0.2, 0.25) is 0 Å². The third-order valence-electron chi connectivity index (χ3n) is 2.66. The zero-order chi connectivity index (χ0) is 12.3. The van der Waals surface area contributed by atoms with Gasteiger partial charge in [-0.05, 0) is 27.2 Å². The lowest BCUT2D eigenvalue weighted by atomic mass is 10.1. The van der Waals surface area contributed by atoms with Gasteiger partial charge >= 0.3 is 0 Å². The Kier molecular flexibility index (Phi) is 4.06. The van der Waals surface area contributed by atoms with Gasteiger partial charge in [0.2, 0.25) is 5.91 Å². The molecule has 0 aliphatic carbocycles. The molecule has 5 heteroatoms. The van der Waals surface area contributed by atoms with E-state index in [-0.39, 0.29) is 11.9 Å². The number of aryl methyl sites for hydroxylation is 2. The zero-order valence-electron chi connectivity index (χ0n) is 10.2. The molecule has 1 aromatic rings. The molecule has 3 N–H and O–H groups in total. The van der Waals surface area contributed by atoms with Gasteiger partial charge in [0.1, 0.15) is 5.76 Å². The third kappa shape index (κ3) is 2.61. The van der Waals surface area contributed by atoms with Crippen LogP contribution >= 0.6 is 0 Å². The second-order valence-corrected chi connectivity index (χ2v) is 3.98. The maximum absolute atomic E-state index is 11.6. The van der Waals surface area contributed by atoms with Crippen LogP contribution in [0.25, 0.3) is 0 Å². The summed E-state index contributed by atoms with van der Waals surface area (Å²) in [7, 11) is 0. The third-order valence-corrected chi connectivity index (χ3v) is 2.66. The van der Waals surface area contributed by atoms with E-state index >= 15 is 0 Å². The number of nitrogens with zero attached hydrogens (tertiary/aromatic N) is 1. The first-order valence-electron chi connectivity index (χ1n) is 5.46. The van der Waals surface area contributed by atoms with E-state index in [1.54, 1.807) is 0 Å². The Morgan fingerprint density at radius 3 is 2.62 bits per heavy atom. The van der Waals surface area contributed by atoms with Crippen molar-refractivity contribution in [2.75, 3.05) is 0 Å². The molecule has 0 saturated carbocycles. The van der Waals surface area contributed by atoms with Crippen LogP contribution in [0.5, 0.6) is 0 Å². The number of carbonyl (C=O) groups excluding carboxylic acids is 1. The summed E-state index contributed by atoms with van der Waals surface area (Å²) in [4.78, 5) is 11.6. The Labute approximate surface area is 95.4 Å². The summed E-state index contributed by atoms with van der Waals surface area (Å²) in [6.07, 6.45) is 0.625. The van der Waals surface area contributed by atoms with Gasteiger partial charge in [-0.15, -0.1) is 0 Å². The van der Waals surface area contributed by atoms with Crippen molar-refractivity contribution in [2.45, 2.75) is 46.2 Å². The molecule has 0 fully saturated rings. The van der Waals surface area contributed by atoms with E-state index in [1.165, 1.54) is 0 Å². The van der Waals surface area contributed by atoms with Crippen LogP contribution in [0, 0.1) is 13.8 Å². The number of carbonyl (C=O) groups is 1. The maximum atomic E-state index is 11.6. The SMILES string of the molecule is CCC(N)C(=O)NC(C)c1c(C)noc1C. The van der Waals surface area contributed by atoms with E-state index in [0.717, 1.165) is 17.0 Å². The van der Waals surface area contributed by atoms with Crippen LogP contribution in [-0.4, -0.2) is 17.1 Å². The Morgan fingerprint density at radius 2 is 2.19 bits per heavy atom. The second-order valence-electron chi connectivity index (χ2n) is 3.98. The Morgan fingerprint density at radius 1 is 1.56 bits per heavy atom. The van der Waals surface area contributed by atoms with Crippen molar-refractivity contribution in [3.8, 4) is 0 Å². The summed E-state index contributed by atoms with van der Waals surface area (Å²) in [6, 6.07) is -0.584. The van der Waals surface area contributed by atoms with Gasteiger partial charge in [0.05, 0.1) is 17.8 Å². The highest BCUT2D eigenvalue weighted by Gasteiger charge is 2.20. The van der Waals surface area contributed by atoms with Crippen molar-refractivity contribution in [3.63, 3.8) is 0 Å². The fraction of sp³-hybridized carbons (Fsp3) is 0.636. The van der Waals surface area contributed by atoms with Crippen molar-refractivity contribution in [3.05, 3.63) is 17.0 Å². The van der Waals surface area contributed by atoms with Crippen molar-refractivity contribution in [1.82, 2.24) is 10.5 Å². The number of amides is 1. The van der Waals surface area contributed by atoms with Crippen LogP contribution in [0.4, 0.5) is 0 Å². The van der Waals surface area contributed by atoms with E-state index < -0.39 is 6.04 Å². The zero-order valence-corrected chi connectivity index (χ0v) is 10.2. The topological polar surface area (TPSA) is 81.2 Å². The molecule has 1 rings (SSSR count). The fourth-order valence-corrected chi connectivity index (χ4v) is 1.69. The molecule has 0 aliphatic rings. The normalized spacial score (nSPS) is 14.6. The number of nitrogens with one attached hydrogen (secondary N) is 1. The average molecular weight is 225 g/mol. The molecule has 0 spiro atoms. The first-order valence-corrected chi connectivity index (χ1v) is 5.46. The summed E-state index contributed by atoms with van der Waals surface area (Å²) >= 11 is 0. The van der Waals surface area contributed by atoms with E-state index in [9.17, 15) is 4.79 Å². The molecule has 1 aromatic heterocycles. The molecule has 0 saturated heterocycles. The van der Waals surface area contributed by atoms with Crippen molar-refractivity contribution < 1.29 is 9.32 Å². The molecule has 2 unspecified atom stereocenters. The smallest absolute Gasteiger partial charge is 0.237 e. The van der Waals surface area contributed by atoms with Crippen LogP contribution < -0.4 is 11.1 Å². The van der Waals surface area contributed by atoms with Crippen LogP contribution in [0.15, 0.2) is 4.52 Å². The van der Waals surface area contributed by atoms with Gasteiger partial charge in [-0.2, -0.15) is 0 Å². The van der Waals surface area contributed by atoms with Gasteiger partial charge < -0.3 is 15.6 Å². The molecule has 0 radical (unpaired) electrons. The lowest BCUT2D eigenvalue weighted by Crippen LogP contribution is -2.41. The summed E-state index contributed by atoms with van der Waals surface area (Å²) < 4.78 is 5.05. The van der Waals surface area contributed by atoms with Gasteiger partial charge in [0.15, 0.2) is 0 Å². The molecule has 2 atom stereocenters. The minimum absolute atomic E-state index is 0.128. The number of aromatic nitrogens is 1. The summed E-state index contributed by atoms with van der Waals surface area (Å²) in [5.41, 5.74) is 7.37. The molecule has 1 heterocycles. The van der Waals surface area contributed by atoms with Gasteiger partial charge in [-0.3, -0.25) is 4.79 Å². The van der Waals surface area contributed by atoms with Crippen LogP contribution in [-0.2, 0) is 4.79 Å². The molecule has 5 nitrogen and oxygen atoms in total. The van der Waals surface area contributed by atoms with E-state index in [0.29, 0.717) is 6.42 Å². The lowest BCUT2D eigenvalue weighted by molar-refractivity contribution is -0.123. The highest BCUT2D eigenvalue weighted by Crippen LogP contribution is 2.20. The standard InChI is InChI=1S/C11H19N3O2/c1-5-9(12)11(15)13-6(2)10-7(3)14-16-8(10)4/h6,9H,5,12H2,1-4H3,(H,13,15). The highest BCUT2D eigenvalue weighted by atomic mass is 16.5. The molecule has 0 aliphatic heterocycles. The van der Waals surface area contributed by atoms with Crippen LogP contribution in [0.3, 0.4) is 0 Å². The van der Waals surface area contributed by atoms with E-state index in [2.05, 4.69) is 10.5 Å². The maximum Gasteiger partial charge on any atom is 0.237 e. The Hall–Kier alpha value is -1.36. The van der Waals surface area contributed by atoms with Gasteiger partial charge in [-0.1, -0.05) is 12.1 Å². The van der Waals surface area contributed by atoms with E-state index in [1.807, 2.05) is 27.7 Å². The molecule has 0 aromatic carbocycles. The number of nitrogens with two attached hydrogens (primary N) is 1.